The monoisotopic (exact) mass is 513 g/mol. The summed E-state index contributed by atoms with van der Waals surface area (Å²) in [7, 11) is 0. The van der Waals surface area contributed by atoms with Crippen LogP contribution in [0.15, 0.2) is 0 Å². The Balaban J connectivity index is 3.72. The third-order valence-electron chi connectivity index (χ3n) is 7.48. The number of carbonyl (C=O) groups is 1. The summed E-state index contributed by atoms with van der Waals surface area (Å²) in [5, 5.41) is 32.9. The van der Waals surface area contributed by atoms with Crippen LogP contribution in [0.4, 0.5) is 0 Å². The summed E-state index contributed by atoms with van der Waals surface area (Å²) in [6.45, 7) is 4.18. The van der Waals surface area contributed by atoms with Gasteiger partial charge in [-0.2, -0.15) is 0 Å². The molecule has 0 bridgehead atoms. The van der Waals surface area contributed by atoms with Crippen molar-refractivity contribution in [3.05, 3.63) is 0 Å². The summed E-state index contributed by atoms with van der Waals surface area (Å²) < 4.78 is 0. The molecular formula is C31H63NO4. The van der Waals surface area contributed by atoms with Crippen LogP contribution in [0.5, 0.6) is 0 Å². The summed E-state index contributed by atoms with van der Waals surface area (Å²) in [5.41, 5.74) is 0. The average Bonchev–Trinajstić information content (AvgIpc) is 2.88. The molecule has 0 radical (unpaired) electrons. The standard InChI is InChI=1S/C31H63NO4/c1-3-5-7-9-11-13-14-15-16-18-19-21-23-25-29(34)28(27-33)32-31(36)30(35)26-24-22-20-17-12-10-8-6-4-2/h28-30,33-35H,3-27H2,1-2H3,(H,32,36)/t28-,29+,30+/m0/s1. The van der Waals surface area contributed by atoms with Gasteiger partial charge in [-0.15, -0.1) is 0 Å². The Morgan fingerprint density at radius 2 is 0.889 bits per heavy atom. The van der Waals surface area contributed by atoms with Crippen LogP contribution in [-0.2, 0) is 4.79 Å². The van der Waals surface area contributed by atoms with Crippen molar-refractivity contribution in [3.8, 4) is 0 Å². The van der Waals surface area contributed by atoms with Gasteiger partial charge in [-0.1, -0.05) is 155 Å². The van der Waals surface area contributed by atoms with Crippen LogP contribution in [-0.4, -0.2) is 46.1 Å². The van der Waals surface area contributed by atoms with Crippen LogP contribution >= 0.6 is 0 Å². The van der Waals surface area contributed by atoms with Crippen LogP contribution < -0.4 is 5.32 Å². The molecule has 216 valence electrons. The van der Waals surface area contributed by atoms with E-state index in [1.165, 1.54) is 109 Å². The molecule has 0 rings (SSSR count). The van der Waals surface area contributed by atoms with E-state index in [0.29, 0.717) is 12.8 Å². The zero-order valence-corrected chi connectivity index (χ0v) is 24.2. The number of hydrogen-bond acceptors (Lipinski definition) is 4. The van der Waals surface area contributed by atoms with Gasteiger partial charge < -0.3 is 20.6 Å². The van der Waals surface area contributed by atoms with Gasteiger partial charge in [-0.25, -0.2) is 0 Å². The van der Waals surface area contributed by atoms with Crippen molar-refractivity contribution >= 4 is 5.91 Å². The first-order valence-electron chi connectivity index (χ1n) is 15.8. The maximum atomic E-state index is 12.3. The molecule has 0 saturated heterocycles. The van der Waals surface area contributed by atoms with Crippen molar-refractivity contribution in [2.45, 2.75) is 186 Å². The molecule has 0 aliphatic carbocycles. The quantitative estimate of drug-likeness (QED) is 0.0811. The van der Waals surface area contributed by atoms with Gasteiger partial charge in [-0.3, -0.25) is 4.79 Å². The first kappa shape index (κ1) is 35.4. The number of aliphatic hydroxyl groups is 3. The zero-order valence-electron chi connectivity index (χ0n) is 24.2. The second kappa shape index (κ2) is 27.4. The molecule has 0 aromatic heterocycles. The highest BCUT2D eigenvalue weighted by molar-refractivity contribution is 5.80. The summed E-state index contributed by atoms with van der Waals surface area (Å²) >= 11 is 0. The van der Waals surface area contributed by atoms with Crippen molar-refractivity contribution in [3.63, 3.8) is 0 Å². The third-order valence-corrected chi connectivity index (χ3v) is 7.48. The minimum atomic E-state index is -1.06. The number of hydrogen-bond donors (Lipinski definition) is 4. The smallest absolute Gasteiger partial charge is 0.249 e. The molecule has 3 atom stereocenters. The van der Waals surface area contributed by atoms with Gasteiger partial charge >= 0.3 is 0 Å². The molecule has 0 saturated carbocycles. The average molecular weight is 514 g/mol. The minimum Gasteiger partial charge on any atom is -0.394 e. The number of carbonyl (C=O) groups excluding carboxylic acids is 1. The maximum Gasteiger partial charge on any atom is 0.249 e. The molecule has 0 aliphatic heterocycles. The lowest BCUT2D eigenvalue weighted by atomic mass is 10.0. The van der Waals surface area contributed by atoms with Gasteiger partial charge in [0.2, 0.25) is 5.91 Å². The molecule has 36 heavy (non-hydrogen) atoms. The molecule has 0 spiro atoms. The van der Waals surface area contributed by atoms with Crippen LogP contribution in [0.2, 0.25) is 0 Å². The number of unbranched alkanes of at least 4 members (excludes halogenated alkanes) is 20. The molecule has 0 aromatic rings. The summed E-state index contributed by atoms with van der Waals surface area (Å²) in [6, 6.07) is -0.701. The Morgan fingerprint density at radius 1 is 0.556 bits per heavy atom. The summed E-state index contributed by atoms with van der Waals surface area (Å²) in [4.78, 5) is 12.3. The van der Waals surface area contributed by atoms with Crippen molar-refractivity contribution in [2.24, 2.45) is 0 Å². The van der Waals surface area contributed by atoms with Crippen LogP contribution in [0.1, 0.15) is 168 Å². The van der Waals surface area contributed by atoms with Gasteiger partial charge in [0.1, 0.15) is 6.10 Å². The van der Waals surface area contributed by atoms with Crippen LogP contribution in [0.25, 0.3) is 0 Å². The second-order valence-corrected chi connectivity index (χ2v) is 11.0. The molecule has 4 N–H and O–H groups in total. The predicted molar refractivity (Wildman–Crippen MR) is 153 cm³/mol. The van der Waals surface area contributed by atoms with Gasteiger partial charge in [0.05, 0.1) is 18.8 Å². The Morgan fingerprint density at radius 3 is 1.25 bits per heavy atom. The lowest BCUT2D eigenvalue weighted by molar-refractivity contribution is -0.131. The number of amides is 1. The molecule has 5 nitrogen and oxygen atoms in total. The Kier molecular flexibility index (Phi) is 26.9. The van der Waals surface area contributed by atoms with Crippen molar-refractivity contribution in [1.29, 1.82) is 0 Å². The Hall–Kier alpha value is -0.650. The Labute approximate surface area is 224 Å². The largest absolute Gasteiger partial charge is 0.394 e. The summed E-state index contributed by atoms with van der Waals surface area (Å²) in [5.74, 6) is -0.474. The van der Waals surface area contributed by atoms with E-state index >= 15 is 0 Å². The first-order chi connectivity index (χ1) is 17.6. The molecule has 0 unspecified atom stereocenters. The topological polar surface area (TPSA) is 89.8 Å². The fraction of sp³-hybridized carbons (Fsp3) is 0.968. The first-order valence-corrected chi connectivity index (χ1v) is 15.8. The molecular weight excluding hydrogens is 450 g/mol. The SMILES string of the molecule is CCCCCCCCCCCCCCC[C@@H](O)[C@H](CO)NC(=O)[C@H](O)CCCCCCCCCCC. The van der Waals surface area contributed by atoms with Crippen LogP contribution in [0, 0.1) is 0 Å². The van der Waals surface area contributed by atoms with Crippen molar-refractivity contribution in [1.82, 2.24) is 5.32 Å². The number of aliphatic hydroxyl groups excluding tert-OH is 3. The molecule has 0 fully saturated rings. The second-order valence-electron chi connectivity index (χ2n) is 11.0. The minimum absolute atomic E-state index is 0.309. The predicted octanol–water partition coefficient (Wildman–Crippen LogP) is 7.59. The van der Waals surface area contributed by atoms with E-state index < -0.39 is 24.2 Å². The molecule has 1 amide bonds. The zero-order chi connectivity index (χ0) is 26.7. The third kappa shape index (κ3) is 22.5. The van der Waals surface area contributed by atoms with Crippen molar-refractivity contribution < 1.29 is 20.1 Å². The fourth-order valence-corrected chi connectivity index (χ4v) is 4.89. The maximum absolute atomic E-state index is 12.3. The fourth-order valence-electron chi connectivity index (χ4n) is 4.89. The normalized spacial score (nSPS) is 14.0. The van der Waals surface area contributed by atoms with E-state index in [1.54, 1.807) is 0 Å². The highest BCUT2D eigenvalue weighted by Gasteiger charge is 2.23. The lowest BCUT2D eigenvalue weighted by Crippen LogP contribution is -2.49. The van der Waals surface area contributed by atoms with E-state index in [0.717, 1.165) is 32.1 Å². The molecule has 0 heterocycles. The molecule has 0 aliphatic rings. The van der Waals surface area contributed by atoms with E-state index in [4.69, 9.17) is 0 Å². The van der Waals surface area contributed by atoms with E-state index in [2.05, 4.69) is 19.2 Å². The number of rotatable bonds is 28. The number of nitrogens with one attached hydrogen (secondary N) is 1. The lowest BCUT2D eigenvalue weighted by Gasteiger charge is -2.23. The molecule has 0 aromatic carbocycles. The van der Waals surface area contributed by atoms with Gasteiger partial charge in [-0.05, 0) is 12.8 Å². The van der Waals surface area contributed by atoms with Crippen molar-refractivity contribution in [2.75, 3.05) is 6.61 Å². The van der Waals surface area contributed by atoms with Gasteiger partial charge in [0, 0.05) is 0 Å². The molecule has 5 heteroatoms. The Bertz CT molecular complexity index is 460. The van der Waals surface area contributed by atoms with Gasteiger partial charge in [0.15, 0.2) is 0 Å². The van der Waals surface area contributed by atoms with E-state index in [-0.39, 0.29) is 6.61 Å². The highest BCUT2D eigenvalue weighted by Crippen LogP contribution is 2.15. The van der Waals surface area contributed by atoms with E-state index in [9.17, 15) is 20.1 Å². The van der Waals surface area contributed by atoms with Crippen LogP contribution in [0.3, 0.4) is 0 Å². The summed E-state index contributed by atoms with van der Waals surface area (Å²) in [6.07, 6.45) is 26.5. The van der Waals surface area contributed by atoms with Gasteiger partial charge in [0.25, 0.3) is 0 Å². The van der Waals surface area contributed by atoms with E-state index in [1.807, 2.05) is 0 Å². The highest BCUT2D eigenvalue weighted by atomic mass is 16.3.